The largest absolute Gasteiger partial charge is 0.411 e. The molecule has 1 amide bonds. The number of hydrogen-bond donors (Lipinski definition) is 1. The maximum Gasteiger partial charge on any atom is 0.277 e. The van der Waals surface area contributed by atoms with Crippen LogP contribution in [0.4, 0.5) is 5.69 Å². The number of thioether (sulfide) groups is 1. The lowest BCUT2D eigenvalue weighted by Crippen LogP contribution is -2.33. The molecule has 4 rings (SSSR count). The Morgan fingerprint density at radius 2 is 1.93 bits per heavy atom. The average Bonchev–Trinajstić information content (AvgIpc) is 3.40. The summed E-state index contributed by atoms with van der Waals surface area (Å²) < 4.78 is 5.75. The van der Waals surface area contributed by atoms with Gasteiger partial charge in [0.2, 0.25) is 5.91 Å². The van der Waals surface area contributed by atoms with Crippen LogP contribution >= 0.6 is 11.8 Å². The monoisotopic (exact) mass is 403 g/mol. The summed E-state index contributed by atoms with van der Waals surface area (Å²) >= 11 is 1.18. The number of carbonyl (C=O) groups excluding carboxylic acids is 1. The smallest absolute Gasteiger partial charge is 0.277 e. The lowest BCUT2D eigenvalue weighted by molar-refractivity contribution is -0.116. The van der Waals surface area contributed by atoms with E-state index in [2.05, 4.69) is 21.3 Å². The van der Waals surface area contributed by atoms with Crippen LogP contribution in [0.15, 0.2) is 70.4 Å². The first kappa shape index (κ1) is 18.8. The van der Waals surface area contributed by atoms with E-state index in [1.165, 1.54) is 11.8 Å². The number of fused-ring (bicyclic) bond motifs is 1. The third-order valence-corrected chi connectivity index (χ3v) is 5.16. The van der Waals surface area contributed by atoms with Crippen LogP contribution in [-0.2, 0) is 4.79 Å². The minimum Gasteiger partial charge on any atom is -0.411 e. The van der Waals surface area contributed by atoms with E-state index in [4.69, 9.17) is 9.68 Å². The molecule has 0 radical (unpaired) electrons. The van der Waals surface area contributed by atoms with Gasteiger partial charge in [0.1, 0.15) is 0 Å². The summed E-state index contributed by atoms with van der Waals surface area (Å²) in [6, 6.07) is 19.2. The first-order valence-electron chi connectivity index (χ1n) is 9.01. The van der Waals surface area contributed by atoms with Gasteiger partial charge in [-0.25, -0.2) is 0 Å². The van der Waals surface area contributed by atoms with Gasteiger partial charge in [-0.05, 0) is 18.2 Å². The molecule has 29 heavy (non-hydrogen) atoms. The summed E-state index contributed by atoms with van der Waals surface area (Å²) in [4.78, 5) is 17.5. The van der Waals surface area contributed by atoms with Crippen molar-refractivity contribution < 1.29 is 9.21 Å². The van der Waals surface area contributed by atoms with Gasteiger partial charge in [-0.15, -0.1) is 10.2 Å². The number of nitrogens with zero attached hydrogens (tertiary/aromatic N) is 4. The van der Waals surface area contributed by atoms with Gasteiger partial charge in [-0.3, -0.25) is 4.79 Å². The van der Waals surface area contributed by atoms with Crippen LogP contribution in [0.25, 0.3) is 22.4 Å². The molecule has 4 aromatic rings. The number of aromatic amines is 1. The van der Waals surface area contributed by atoms with Crippen LogP contribution in [0.3, 0.4) is 0 Å². The Labute approximate surface area is 171 Å². The maximum absolute atomic E-state index is 12.7. The molecule has 0 saturated heterocycles. The molecule has 144 valence electrons. The molecular weight excluding hydrogens is 386 g/mol. The average molecular weight is 403 g/mol. The summed E-state index contributed by atoms with van der Waals surface area (Å²) in [5.74, 6) is 0.417. The van der Waals surface area contributed by atoms with E-state index in [0.29, 0.717) is 17.7 Å². The van der Waals surface area contributed by atoms with E-state index in [-0.39, 0.29) is 18.1 Å². The summed E-state index contributed by atoms with van der Waals surface area (Å²) in [7, 11) is 0. The first-order valence-corrected chi connectivity index (χ1v) is 10.00. The zero-order valence-corrected chi connectivity index (χ0v) is 16.2. The molecule has 0 aliphatic carbocycles. The predicted molar refractivity (Wildman–Crippen MR) is 111 cm³/mol. The molecule has 0 aliphatic rings. The topological polar surface area (TPSA) is 98.8 Å². The van der Waals surface area contributed by atoms with E-state index in [1.807, 2.05) is 60.8 Å². The molecular formula is C21H17N5O2S. The lowest BCUT2D eigenvalue weighted by atomic mass is 10.2. The van der Waals surface area contributed by atoms with Crippen molar-refractivity contribution in [3.63, 3.8) is 0 Å². The van der Waals surface area contributed by atoms with Crippen molar-refractivity contribution in [1.82, 2.24) is 15.2 Å². The van der Waals surface area contributed by atoms with Gasteiger partial charge in [-0.2, -0.15) is 5.26 Å². The van der Waals surface area contributed by atoms with Gasteiger partial charge in [0.15, 0.2) is 0 Å². The summed E-state index contributed by atoms with van der Waals surface area (Å²) in [5.41, 5.74) is 2.57. The van der Waals surface area contributed by atoms with E-state index < -0.39 is 0 Å². The highest BCUT2D eigenvalue weighted by atomic mass is 32.2. The van der Waals surface area contributed by atoms with Crippen LogP contribution in [0.1, 0.15) is 6.42 Å². The molecule has 7 nitrogen and oxygen atoms in total. The molecule has 2 aromatic carbocycles. The maximum atomic E-state index is 12.7. The van der Waals surface area contributed by atoms with Gasteiger partial charge in [0.25, 0.3) is 11.1 Å². The molecule has 0 fully saturated rings. The minimum absolute atomic E-state index is 0.122. The Bertz CT molecular complexity index is 1160. The van der Waals surface area contributed by atoms with E-state index in [0.717, 1.165) is 22.2 Å². The lowest BCUT2D eigenvalue weighted by Gasteiger charge is -2.21. The van der Waals surface area contributed by atoms with Crippen molar-refractivity contribution in [2.24, 2.45) is 0 Å². The summed E-state index contributed by atoms with van der Waals surface area (Å²) in [6.07, 6.45) is 2.09. The van der Waals surface area contributed by atoms with Crippen molar-refractivity contribution >= 4 is 34.3 Å². The molecule has 0 bridgehead atoms. The Morgan fingerprint density at radius 3 is 2.76 bits per heavy atom. The fraction of sp³-hybridized carbons (Fsp3) is 0.143. The molecule has 0 atom stereocenters. The Hall–Kier alpha value is -3.57. The minimum atomic E-state index is -0.122. The van der Waals surface area contributed by atoms with Gasteiger partial charge in [0, 0.05) is 29.3 Å². The number of rotatable bonds is 7. The number of hydrogen-bond acceptors (Lipinski definition) is 6. The standard InChI is InChI=1S/C21H17N5O2S/c22-11-6-12-26(15-7-2-1-3-8-15)19(27)14-29-21-25-24-20(28-21)17-13-23-18-10-5-4-9-16(17)18/h1-5,7-10,13,23H,6,12,14H2. The summed E-state index contributed by atoms with van der Waals surface area (Å²) in [5, 5.41) is 18.4. The van der Waals surface area contributed by atoms with Crippen molar-refractivity contribution in [2.75, 3.05) is 17.2 Å². The number of benzene rings is 2. The molecule has 2 heterocycles. The molecule has 2 aromatic heterocycles. The Kier molecular flexibility index (Phi) is 5.59. The van der Waals surface area contributed by atoms with Gasteiger partial charge < -0.3 is 14.3 Å². The zero-order valence-electron chi connectivity index (χ0n) is 15.4. The normalized spacial score (nSPS) is 10.7. The highest BCUT2D eigenvalue weighted by Crippen LogP contribution is 2.29. The second-order valence-corrected chi connectivity index (χ2v) is 7.13. The number of nitrogens with one attached hydrogen (secondary N) is 1. The Morgan fingerprint density at radius 1 is 1.14 bits per heavy atom. The van der Waals surface area contributed by atoms with Crippen LogP contribution < -0.4 is 4.90 Å². The quantitative estimate of drug-likeness (QED) is 0.463. The number of nitriles is 1. The molecule has 0 saturated carbocycles. The SMILES string of the molecule is N#CCCN(C(=O)CSc1nnc(-c2c[nH]c3ccccc23)o1)c1ccccc1. The van der Waals surface area contributed by atoms with E-state index in [9.17, 15) is 4.79 Å². The number of H-pyrrole nitrogens is 1. The Balaban J connectivity index is 1.46. The highest BCUT2D eigenvalue weighted by molar-refractivity contribution is 7.99. The van der Waals surface area contributed by atoms with Crippen molar-refractivity contribution in [3.8, 4) is 17.5 Å². The van der Waals surface area contributed by atoms with E-state index in [1.54, 1.807) is 4.90 Å². The second kappa shape index (κ2) is 8.63. The van der Waals surface area contributed by atoms with Crippen molar-refractivity contribution in [1.29, 1.82) is 5.26 Å². The summed E-state index contributed by atoms with van der Waals surface area (Å²) in [6.45, 7) is 0.338. The van der Waals surface area contributed by atoms with E-state index >= 15 is 0 Å². The number of anilines is 1. The predicted octanol–water partition coefficient (Wildman–Crippen LogP) is 4.26. The zero-order chi connectivity index (χ0) is 20.1. The van der Waals surface area contributed by atoms with Crippen LogP contribution in [0.2, 0.25) is 0 Å². The van der Waals surface area contributed by atoms with Gasteiger partial charge >= 0.3 is 0 Å². The molecule has 1 N–H and O–H groups in total. The fourth-order valence-corrected chi connectivity index (χ4v) is 3.63. The van der Waals surface area contributed by atoms with Gasteiger partial charge in [-0.1, -0.05) is 48.2 Å². The van der Waals surface area contributed by atoms with Crippen LogP contribution in [0.5, 0.6) is 0 Å². The van der Waals surface area contributed by atoms with Crippen LogP contribution in [-0.4, -0.2) is 33.4 Å². The van der Waals surface area contributed by atoms with Crippen LogP contribution in [0, 0.1) is 11.3 Å². The number of aromatic nitrogens is 3. The molecule has 0 spiro atoms. The molecule has 8 heteroatoms. The highest BCUT2D eigenvalue weighted by Gasteiger charge is 2.18. The molecule has 0 aliphatic heterocycles. The third kappa shape index (κ3) is 4.15. The number of carbonyl (C=O) groups is 1. The second-order valence-electron chi connectivity index (χ2n) is 6.20. The fourth-order valence-electron chi connectivity index (χ4n) is 2.99. The first-order chi connectivity index (χ1) is 14.3. The molecule has 0 unspecified atom stereocenters. The van der Waals surface area contributed by atoms with Crippen molar-refractivity contribution in [2.45, 2.75) is 11.6 Å². The third-order valence-electron chi connectivity index (χ3n) is 4.36. The van der Waals surface area contributed by atoms with Crippen molar-refractivity contribution in [3.05, 3.63) is 60.8 Å². The number of amides is 1. The van der Waals surface area contributed by atoms with Gasteiger partial charge in [0.05, 0.1) is 23.8 Å². The number of para-hydroxylation sites is 2.